The zero-order valence-electron chi connectivity index (χ0n) is 10.7. The van der Waals surface area contributed by atoms with E-state index in [2.05, 4.69) is 26.8 Å². The number of imidazole rings is 1. The van der Waals surface area contributed by atoms with Gasteiger partial charge in [-0.15, -0.1) is 0 Å². The van der Waals surface area contributed by atoms with Crippen molar-refractivity contribution < 1.29 is 5.11 Å². The number of aryl methyl sites for hydroxylation is 1. The third kappa shape index (κ3) is 3.28. The van der Waals surface area contributed by atoms with E-state index in [-0.39, 0.29) is 0 Å². The van der Waals surface area contributed by atoms with Gasteiger partial charge in [0.1, 0.15) is 5.82 Å². The van der Waals surface area contributed by atoms with E-state index in [0.717, 1.165) is 38.4 Å². The molecule has 2 heterocycles. The number of nitrogens with zero attached hydrogens (tertiary/aromatic N) is 3. The maximum atomic E-state index is 10.3. The van der Waals surface area contributed by atoms with Gasteiger partial charge in [0.2, 0.25) is 0 Å². The number of nitrogens with one attached hydrogen (secondary N) is 1. The van der Waals surface area contributed by atoms with E-state index in [0.29, 0.717) is 6.54 Å². The zero-order valence-corrected chi connectivity index (χ0v) is 10.7. The van der Waals surface area contributed by atoms with Gasteiger partial charge in [0.05, 0.1) is 5.60 Å². The molecular formula is C12H22N4O. The standard InChI is InChI=1S/C12H22N4O/c1-11-14-5-6-16(11)8-7-15(2)10-12(17)3-4-13-9-12/h5-6,13,17H,3-4,7-10H2,1-2H3. The summed E-state index contributed by atoms with van der Waals surface area (Å²) in [6, 6.07) is 0. The average Bonchev–Trinajstić information content (AvgIpc) is 2.85. The van der Waals surface area contributed by atoms with Gasteiger partial charge in [0.25, 0.3) is 0 Å². The Hall–Kier alpha value is -0.910. The molecule has 5 heteroatoms. The lowest BCUT2D eigenvalue weighted by Crippen LogP contribution is -2.44. The molecule has 0 saturated carbocycles. The quantitative estimate of drug-likeness (QED) is 0.749. The van der Waals surface area contributed by atoms with E-state index in [1.54, 1.807) is 0 Å². The molecule has 1 fully saturated rings. The average molecular weight is 238 g/mol. The molecule has 5 nitrogen and oxygen atoms in total. The minimum absolute atomic E-state index is 0.543. The van der Waals surface area contributed by atoms with Gasteiger partial charge in [-0.2, -0.15) is 0 Å². The fraction of sp³-hybridized carbons (Fsp3) is 0.750. The Morgan fingerprint density at radius 3 is 3.06 bits per heavy atom. The predicted octanol–water partition coefficient (Wildman–Crippen LogP) is -0.152. The number of aliphatic hydroxyl groups is 1. The third-order valence-electron chi connectivity index (χ3n) is 3.43. The van der Waals surface area contributed by atoms with Crippen molar-refractivity contribution in [2.45, 2.75) is 25.5 Å². The summed E-state index contributed by atoms with van der Waals surface area (Å²) in [6.45, 7) is 6.22. The highest BCUT2D eigenvalue weighted by atomic mass is 16.3. The molecule has 1 atom stereocenters. The Bertz CT molecular complexity index is 357. The molecular weight excluding hydrogens is 216 g/mol. The summed E-state index contributed by atoms with van der Waals surface area (Å²) in [7, 11) is 2.06. The molecule has 2 rings (SSSR count). The second-order valence-corrected chi connectivity index (χ2v) is 5.06. The van der Waals surface area contributed by atoms with Crippen molar-refractivity contribution in [3.63, 3.8) is 0 Å². The Morgan fingerprint density at radius 2 is 2.47 bits per heavy atom. The fourth-order valence-electron chi connectivity index (χ4n) is 2.37. The first-order chi connectivity index (χ1) is 8.09. The first-order valence-corrected chi connectivity index (χ1v) is 6.18. The minimum Gasteiger partial charge on any atom is -0.387 e. The Balaban J connectivity index is 1.78. The summed E-state index contributed by atoms with van der Waals surface area (Å²) in [5, 5.41) is 13.5. The van der Waals surface area contributed by atoms with Crippen LogP contribution in [0.1, 0.15) is 12.2 Å². The van der Waals surface area contributed by atoms with Gasteiger partial charge in [-0.05, 0) is 26.9 Å². The monoisotopic (exact) mass is 238 g/mol. The molecule has 0 aliphatic carbocycles. The van der Waals surface area contributed by atoms with Crippen LogP contribution < -0.4 is 5.32 Å². The van der Waals surface area contributed by atoms with Crippen LogP contribution in [0.25, 0.3) is 0 Å². The molecule has 96 valence electrons. The van der Waals surface area contributed by atoms with Crippen molar-refractivity contribution in [1.29, 1.82) is 0 Å². The van der Waals surface area contributed by atoms with E-state index in [1.807, 2.05) is 19.3 Å². The van der Waals surface area contributed by atoms with Crippen LogP contribution in [0, 0.1) is 6.92 Å². The topological polar surface area (TPSA) is 53.3 Å². The van der Waals surface area contributed by atoms with Crippen LogP contribution >= 0.6 is 0 Å². The molecule has 0 bridgehead atoms. The predicted molar refractivity (Wildman–Crippen MR) is 66.9 cm³/mol. The van der Waals surface area contributed by atoms with Gasteiger partial charge in [0, 0.05) is 38.6 Å². The highest BCUT2D eigenvalue weighted by Crippen LogP contribution is 2.15. The molecule has 0 radical (unpaired) electrons. The van der Waals surface area contributed by atoms with Gasteiger partial charge in [-0.25, -0.2) is 4.98 Å². The lowest BCUT2D eigenvalue weighted by Gasteiger charge is -2.28. The summed E-state index contributed by atoms with van der Waals surface area (Å²) in [6.07, 6.45) is 4.67. The van der Waals surface area contributed by atoms with E-state index in [9.17, 15) is 5.11 Å². The van der Waals surface area contributed by atoms with Crippen molar-refractivity contribution in [2.24, 2.45) is 0 Å². The molecule has 1 aliphatic heterocycles. The molecule has 17 heavy (non-hydrogen) atoms. The number of hydrogen-bond donors (Lipinski definition) is 2. The van der Waals surface area contributed by atoms with Crippen LogP contribution in [-0.4, -0.2) is 58.4 Å². The normalized spacial score (nSPS) is 24.7. The van der Waals surface area contributed by atoms with Crippen LogP contribution in [0.3, 0.4) is 0 Å². The van der Waals surface area contributed by atoms with Crippen molar-refractivity contribution in [1.82, 2.24) is 19.8 Å². The first-order valence-electron chi connectivity index (χ1n) is 6.18. The number of aromatic nitrogens is 2. The smallest absolute Gasteiger partial charge is 0.105 e. The van der Waals surface area contributed by atoms with Crippen LogP contribution in [0.5, 0.6) is 0 Å². The molecule has 2 N–H and O–H groups in total. The van der Waals surface area contributed by atoms with Crippen LogP contribution in [0.4, 0.5) is 0 Å². The van der Waals surface area contributed by atoms with Crippen LogP contribution in [0.15, 0.2) is 12.4 Å². The lowest BCUT2D eigenvalue weighted by molar-refractivity contribution is 0.0276. The first kappa shape index (κ1) is 12.5. The van der Waals surface area contributed by atoms with Gasteiger partial charge >= 0.3 is 0 Å². The second kappa shape index (κ2) is 5.16. The van der Waals surface area contributed by atoms with Gasteiger partial charge < -0.3 is 19.9 Å². The van der Waals surface area contributed by atoms with Crippen LogP contribution in [0.2, 0.25) is 0 Å². The highest BCUT2D eigenvalue weighted by molar-refractivity contribution is 4.91. The molecule has 1 aromatic heterocycles. The zero-order chi connectivity index (χ0) is 12.3. The molecule has 1 aromatic rings. The van der Waals surface area contributed by atoms with Crippen molar-refractivity contribution >= 4 is 0 Å². The number of rotatable bonds is 5. The molecule has 0 spiro atoms. The highest BCUT2D eigenvalue weighted by Gasteiger charge is 2.31. The molecule has 0 aromatic carbocycles. The van der Waals surface area contributed by atoms with E-state index >= 15 is 0 Å². The fourth-order valence-corrected chi connectivity index (χ4v) is 2.37. The summed E-state index contributed by atoms with van der Waals surface area (Å²) in [4.78, 5) is 6.38. The van der Waals surface area contributed by atoms with Crippen LogP contribution in [-0.2, 0) is 6.54 Å². The Labute approximate surface area is 102 Å². The van der Waals surface area contributed by atoms with E-state index in [1.165, 1.54) is 0 Å². The van der Waals surface area contributed by atoms with Crippen molar-refractivity contribution in [3.05, 3.63) is 18.2 Å². The van der Waals surface area contributed by atoms with Crippen molar-refractivity contribution in [3.8, 4) is 0 Å². The van der Waals surface area contributed by atoms with Gasteiger partial charge in [0.15, 0.2) is 0 Å². The molecule has 0 amide bonds. The number of hydrogen-bond acceptors (Lipinski definition) is 4. The molecule has 1 unspecified atom stereocenters. The molecule has 1 saturated heterocycles. The van der Waals surface area contributed by atoms with E-state index < -0.39 is 5.60 Å². The van der Waals surface area contributed by atoms with E-state index in [4.69, 9.17) is 0 Å². The molecule has 1 aliphatic rings. The lowest BCUT2D eigenvalue weighted by atomic mass is 10.0. The summed E-state index contributed by atoms with van der Waals surface area (Å²) in [5.41, 5.74) is -0.543. The van der Waals surface area contributed by atoms with Gasteiger partial charge in [-0.1, -0.05) is 0 Å². The second-order valence-electron chi connectivity index (χ2n) is 5.06. The Kier molecular flexibility index (Phi) is 3.81. The number of likely N-dealkylation sites (N-methyl/N-ethyl adjacent to an activating group) is 1. The maximum absolute atomic E-state index is 10.3. The number of β-amino-alcohol motifs (C(OH)–C–C–N with tert-alkyl or cyclic N) is 1. The maximum Gasteiger partial charge on any atom is 0.105 e. The minimum atomic E-state index is -0.543. The largest absolute Gasteiger partial charge is 0.387 e. The summed E-state index contributed by atoms with van der Waals surface area (Å²) < 4.78 is 2.13. The van der Waals surface area contributed by atoms with Crippen molar-refractivity contribution in [2.75, 3.05) is 33.2 Å². The SMILES string of the molecule is Cc1nccn1CCN(C)CC1(O)CCNC1. The summed E-state index contributed by atoms with van der Waals surface area (Å²) >= 11 is 0. The van der Waals surface area contributed by atoms with Gasteiger partial charge in [-0.3, -0.25) is 0 Å². The Morgan fingerprint density at radius 1 is 1.65 bits per heavy atom. The summed E-state index contributed by atoms with van der Waals surface area (Å²) in [5.74, 6) is 1.04. The third-order valence-corrected chi connectivity index (χ3v) is 3.43.